The van der Waals surface area contributed by atoms with Gasteiger partial charge >= 0.3 is 6.09 Å². The second-order valence-electron chi connectivity index (χ2n) is 8.18. The van der Waals surface area contributed by atoms with Gasteiger partial charge in [0.25, 0.3) is 0 Å². The topological polar surface area (TPSA) is 80.3 Å². The Kier molecular flexibility index (Phi) is 6.36. The molecule has 170 valence electrons. The molecule has 0 radical (unpaired) electrons. The number of nitrogens with zero attached hydrogens (tertiary/aromatic N) is 5. The van der Waals surface area contributed by atoms with Gasteiger partial charge in [-0.25, -0.2) is 9.78 Å². The van der Waals surface area contributed by atoms with Crippen molar-refractivity contribution in [3.8, 4) is 0 Å². The van der Waals surface area contributed by atoms with Crippen LogP contribution in [0.3, 0.4) is 0 Å². The van der Waals surface area contributed by atoms with Gasteiger partial charge in [0, 0.05) is 44.7 Å². The Bertz CT molecular complexity index is 929. The van der Waals surface area contributed by atoms with Crippen molar-refractivity contribution in [2.45, 2.75) is 19.6 Å². The van der Waals surface area contributed by atoms with Crippen LogP contribution >= 0.6 is 0 Å². The molecular formula is C23H29N5O4. The number of carbonyl (C=O) groups is 1. The van der Waals surface area contributed by atoms with Crippen molar-refractivity contribution in [3.63, 3.8) is 0 Å². The summed E-state index contributed by atoms with van der Waals surface area (Å²) in [6, 6.07) is 9.74. The van der Waals surface area contributed by atoms with Crippen molar-refractivity contribution < 1.29 is 19.0 Å². The molecule has 3 aliphatic heterocycles. The van der Waals surface area contributed by atoms with E-state index in [9.17, 15) is 4.79 Å². The summed E-state index contributed by atoms with van der Waals surface area (Å²) in [5.74, 6) is 1.67. The molecule has 9 heteroatoms. The third-order valence-electron chi connectivity index (χ3n) is 6.09. The Morgan fingerprint density at radius 2 is 1.59 bits per heavy atom. The third kappa shape index (κ3) is 4.63. The second kappa shape index (κ2) is 9.70. The average molecular weight is 440 g/mol. The van der Waals surface area contributed by atoms with Crippen LogP contribution in [0.4, 0.5) is 16.6 Å². The van der Waals surface area contributed by atoms with Crippen LogP contribution in [0.25, 0.3) is 0 Å². The number of morpholine rings is 2. The number of rotatable bonds is 4. The molecule has 0 bridgehead atoms. The van der Waals surface area contributed by atoms with Gasteiger partial charge in [-0.1, -0.05) is 30.3 Å². The highest BCUT2D eigenvalue weighted by Crippen LogP contribution is 2.30. The van der Waals surface area contributed by atoms with Gasteiger partial charge in [-0.05, 0) is 5.56 Å². The van der Waals surface area contributed by atoms with Gasteiger partial charge in [0.15, 0.2) is 0 Å². The van der Waals surface area contributed by atoms with Crippen LogP contribution in [0.5, 0.6) is 0 Å². The number of hydrogen-bond donors (Lipinski definition) is 0. The molecule has 1 aromatic carbocycles. The molecular weight excluding hydrogens is 410 g/mol. The summed E-state index contributed by atoms with van der Waals surface area (Å²) in [5.41, 5.74) is 3.02. The minimum Gasteiger partial charge on any atom is -0.445 e. The monoisotopic (exact) mass is 439 g/mol. The molecule has 2 aromatic rings. The Labute approximate surface area is 187 Å². The second-order valence-corrected chi connectivity index (χ2v) is 8.18. The summed E-state index contributed by atoms with van der Waals surface area (Å²) in [6.45, 7) is 7.19. The Balaban J connectivity index is 1.36. The maximum atomic E-state index is 12.8. The summed E-state index contributed by atoms with van der Waals surface area (Å²) in [6.07, 6.45) is 0.386. The number of fused-ring (bicyclic) bond motifs is 1. The maximum absolute atomic E-state index is 12.8. The van der Waals surface area contributed by atoms with Gasteiger partial charge in [-0.15, -0.1) is 0 Å². The highest BCUT2D eigenvalue weighted by molar-refractivity contribution is 5.69. The van der Waals surface area contributed by atoms with E-state index in [4.69, 9.17) is 24.2 Å². The van der Waals surface area contributed by atoms with E-state index < -0.39 is 0 Å². The van der Waals surface area contributed by atoms with Gasteiger partial charge in [-0.3, -0.25) is 0 Å². The molecule has 0 unspecified atom stereocenters. The molecule has 0 atom stereocenters. The quantitative estimate of drug-likeness (QED) is 0.714. The fourth-order valence-electron chi connectivity index (χ4n) is 4.29. The van der Waals surface area contributed by atoms with E-state index in [2.05, 4.69) is 9.80 Å². The molecule has 1 amide bonds. The summed E-state index contributed by atoms with van der Waals surface area (Å²) >= 11 is 0. The van der Waals surface area contributed by atoms with Crippen LogP contribution < -0.4 is 9.80 Å². The van der Waals surface area contributed by atoms with Gasteiger partial charge in [-0.2, -0.15) is 4.98 Å². The largest absolute Gasteiger partial charge is 0.445 e. The predicted molar refractivity (Wildman–Crippen MR) is 119 cm³/mol. The molecule has 9 nitrogen and oxygen atoms in total. The van der Waals surface area contributed by atoms with E-state index in [1.165, 1.54) is 0 Å². The van der Waals surface area contributed by atoms with E-state index in [-0.39, 0.29) is 12.7 Å². The van der Waals surface area contributed by atoms with E-state index in [0.29, 0.717) is 45.9 Å². The van der Waals surface area contributed by atoms with Gasteiger partial charge in [0.05, 0.1) is 38.7 Å². The fourth-order valence-corrected chi connectivity index (χ4v) is 4.29. The van der Waals surface area contributed by atoms with Crippen molar-refractivity contribution in [1.82, 2.24) is 14.9 Å². The Morgan fingerprint density at radius 1 is 0.906 bits per heavy atom. The van der Waals surface area contributed by atoms with Crippen molar-refractivity contribution in [1.29, 1.82) is 0 Å². The molecule has 2 fully saturated rings. The lowest BCUT2D eigenvalue weighted by Gasteiger charge is -2.35. The lowest BCUT2D eigenvalue weighted by molar-refractivity contribution is 0.0913. The number of benzene rings is 1. The zero-order chi connectivity index (χ0) is 21.8. The minimum absolute atomic E-state index is 0.270. The fraction of sp³-hybridized carbons (Fsp3) is 0.522. The van der Waals surface area contributed by atoms with Crippen LogP contribution in [0.1, 0.15) is 16.8 Å². The number of ether oxygens (including phenoxy) is 3. The summed E-state index contributed by atoms with van der Waals surface area (Å²) < 4.78 is 16.6. The molecule has 4 heterocycles. The Morgan fingerprint density at radius 3 is 2.31 bits per heavy atom. The van der Waals surface area contributed by atoms with Crippen molar-refractivity contribution >= 4 is 17.9 Å². The SMILES string of the molecule is O=C(OCc1ccccc1)N1CCc2nc(N3CCOCC3)nc(N3CCOCC3)c2C1. The third-order valence-corrected chi connectivity index (χ3v) is 6.09. The molecule has 0 spiro atoms. The number of aromatic nitrogens is 2. The summed E-state index contributed by atoms with van der Waals surface area (Å²) in [5, 5.41) is 0. The summed E-state index contributed by atoms with van der Waals surface area (Å²) in [4.78, 5) is 28.9. The van der Waals surface area contributed by atoms with E-state index in [0.717, 1.165) is 54.8 Å². The first-order valence-electron chi connectivity index (χ1n) is 11.3. The molecule has 0 N–H and O–H groups in total. The minimum atomic E-state index is -0.301. The molecule has 0 aliphatic carbocycles. The predicted octanol–water partition coefficient (Wildman–Crippen LogP) is 1.84. The first-order chi connectivity index (χ1) is 15.8. The van der Waals surface area contributed by atoms with Gasteiger partial charge in [0.1, 0.15) is 12.4 Å². The number of amides is 1. The number of anilines is 2. The Hall–Kier alpha value is -2.91. The zero-order valence-electron chi connectivity index (χ0n) is 18.2. The molecule has 5 rings (SSSR count). The molecule has 2 saturated heterocycles. The van der Waals surface area contributed by atoms with Crippen LogP contribution in [0.15, 0.2) is 30.3 Å². The van der Waals surface area contributed by atoms with Crippen LogP contribution in [-0.2, 0) is 33.8 Å². The van der Waals surface area contributed by atoms with Crippen molar-refractivity contribution in [3.05, 3.63) is 47.2 Å². The summed E-state index contributed by atoms with van der Waals surface area (Å²) in [7, 11) is 0. The average Bonchev–Trinajstić information content (AvgIpc) is 2.88. The highest BCUT2D eigenvalue weighted by atomic mass is 16.6. The standard InChI is InChI=1S/C23H29N5O4/c29-23(32-17-18-4-2-1-3-5-18)28-7-6-20-19(16-28)21(26-8-12-30-13-9-26)25-22(24-20)27-10-14-31-15-11-27/h1-5H,6-17H2. The van der Waals surface area contributed by atoms with E-state index in [1.54, 1.807) is 4.90 Å². The van der Waals surface area contributed by atoms with Gasteiger partial charge in [0.2, 0.25) is 5.95 Å². The van der Waals surface area contributed by atoms with Crippen molar-refractivity contribution in [2.75, 3.05) is 69.0 Å². The molecule has 32 heavy (non-hydrogen) atoms. The first kappa shape index (κ1) is 21.0. The van der Waals surface area contributed by atoms with Crippen LogP contribution in [0.2, 0.25) is 0 Å². The molecule has 1 aromatic heterocycles. The highest BCUT2D eigenvalue weighted by Gasteiger charge is 2.30. The normalized spacial score (nSPS) is 18.9. The number of carbonyl (C=O) groups excluding carboxylic acids is 1. The number of hydrogen-bond acceptors (Lipinski definition) is 8. The van der Waals surface area contributed by atoms with Gasteiger partial charge < -0.3 is 28.9 Å². The van der Waals surface area contributed by atoms with E-state index in [1.807, 2.05) is 30.3 Å². The smallest absolute Gasteiger partial charge is 0.410 e. The first-order valence-corrected chi connectivity index (χ1v) is 11.3. The van der Waals surface area contributed by atoms with E-state index >= 15 is 0 Å². The lowest BCUT2D eigenvalue weighted by atomic mass is 10.1. The zero-order valence-corrected chi connectivity index (χ0v) is 18.2. The maximum Gasteiger partial charge on any atom is 0.410 e. The lowest BCUT2D eigenvalue weighted by Crippen LogP contribution is -2.43. The van der Waals surface area contributed by atoms with Crippen LogP contribution in [-0.4, -0.2) is 80.1 Å². The van der Waals surface area contributed by atoms with Crippen molar-refractivity contribution in [2.24, 2.45) is 0 Å². The molecule has 3 aliphatic rings. The van der Waals surface area contributed by atoms with Crippen LogP contribution in [0, 0.1) is 0 Å². The molecule has 0 saturated carbocycles.